The van der Waals surface area contributed by atoms with Gasteiger partial charge in [0.2, 0.25) is 0 Å². The predicted molar refractivity (Wildman–Crippen MR) is 102 cm³/mol. The first-order chi connectivity index (χ1) is 12.2. The number of nitrogens with zero attached hydrogens (tertiary/aromatic N) is 1. The van der Waals surface area contributed by atoms with Gasteiger partial charge in [0.05, 0.1) is 7.11 Å². The molecule has 0 saturated heterocycles. The maximum atomic E-state index is 6.06. The van der Waals surface area contributed by atoms with Crippen LogP contribution in [0.5, 0.6) is 17.2 Å². The van der Waals surface area contributed by atoms with Gasteiger partial charge in [-0.25, -0.2) is 0 Å². The normalized spacial score (nSPS) is 12.0. The van der Waals surface area contributed by atoms with Gasteiger partial charge in [-0.15, -0.1) is 11.6 Å². The van der Waals surface area contributed by atoms with Crippen molar-refractivity contribution < 1.29 is 14.2 Å². The highest BCUT2D eigenvalue weighted by atomic mass is 35.5. The number of benzene rings is 2. The Labute approximate surface area is 155 Å². The molecule has 0 fully saturated rings. The second-order valence-electron chi connectivity index (χ2n) is 5.71. The van der Waals surface area contributed by atoms with E-state index in [1.54, 1.807) is 7.11 Å². The van der Waals surface area contributed by atoms with Crippen LogP contribution in [-0.4, -0.2) is 43.8 Å². The second kappa shape index (κ2) is 10.2. The number of hydrogen-bond donors (Lipinski definition) is 0. The number of ether oxygens (including phenoxy) is 3. The predicted octanol–water partition coefficient (Wildman–Crippen LogP) is 4.35. The zero-order chi connectivity index (χ0) is 18.1. The molecule has 0 aromatic heterocycles. The van der Waals surface area contributed by atoms with Crippen molar-refractivity contribution in [3.8, 4) is 17.2 Å². The summed E-state index contributed by atoms with van der Waals surface area (Å²) in [6.45, 7) is 6.06. The average Bonchev–Trinajstić information content (AvgIpc) is 2.63. The molecule has 1 atom stereocenters. The van der Waals surface area contributed by atoms with Gasteiger partial charge in [0.15, 0.2) is 11.5 Å². The molecular weight excluding hydrogens is 338 g/mol. The molecule has 0 amide bonds. The van der Waals surface area contributed by atoms with Crippen molar-refractivity contribution in [2.24, 2.45) is 0 Å². The smallest absolute Gasteiger partial charge is 0.163 e. The summed E-state index contributed by atoms with van der Waals surface area (Å²) in [5, 5.41) is 0. The summed E-state index contributed by atoms with van der Waals surface area (Å²) in [6, 6.07) is 15.6. The molecule has 0 spiro atoms. The molecular formula is C20H26ClNO3. The van der Waals surface area contributed by atoms with Crippen molar-refractivity contribution in [2.75, 3.05) is 32.7 Å². The summed E-state index contributed by atoms with van der Waals surface area (Å²) in [5.74, 6) is 2.88. The van der Waals surface area contributed by atoms with Crippen molar-refractivity contribution in [1.29, 1.82) is 0 Å². The van der Waals surface area contributed by atoms with E-state index in [2.05, 4.69) is 4.90 Å². The minimum absolute atomic E-state index is 0.143. The van der Waals surface area contributed by atoms with E-state index in [4.69, 9.17) is 25.8 Å². The lowest BCUT2D eigenvalue weighted by Gasteiger charge is -2.29. The van der Waals surface area contributed by atoms with Crippen LogP contribution >= 0.6 is 11.6 Å². The van der Waals surface area contributed by atoms with E-state index in [1.165, 1.54) is 0 Å². The van der Waals surface area contributed by atoms with Gasteiger partial charge in [-0.05, 0) is 37.6 Å². The lowest BCUT2D eigenvalue weighted by atomic mass is 10.2. The number of para-hydroxylation sites is 3. The van der Waals surface area contributed by atoms with Gasteiger partial charge in [0, 0.05) is 19.0 Å². The second-order valence-corrected chi connectivity index (χ2v) is 6.08. The van der Waals surface area contributed by atoms with Crippen molar-refractivity contribution >= 4 is 11.6 Å². The minimum atomic E-state index is -0.143. The van der Waals surface area contributed by atoms with E-state index < -0.39 is 0 Å². The van der Waals surface area contributed by atoms with Crippen LogP contribution in [0.2, 0.25) is 0 Å². The monoisotopic (exact) mass is 363 g/mol. The van der Waals surface area contributed by atoms with Gasteiger partial charge in [-0.2, -0.15) is 0 Å². The Morgan fingerprint density at radius 2 is 1.60 bits per heavy atom. The van der Waals surface area contributed by atoms with Gasteiger partial charge >= 0.3 is 0 Å². The topological polar surface area (TPSA) is 30.9 Å². The third-order valence-electron chi connectivity index (χ3n) is 3.98. The van der Waals surface area contributed by atoms with Crippen molar-refractivity contribution in [3.63, 3.8) is 0 Å². The number of hydrogen-bond acceptors (Lipinski definition) is 4. The Bertz CT molecular complexity index is 650. The molecule has 0 radical (unpaired) electrons. The highest BCUT2D eigenvalue weighted by molar-refractivity contribution is 6.18. The molecule has 0 saturated carbocycles. The number of alkyl halides is 1. The van der Waals surface area contributed by atoms with Gasteiger partial charge in [0.1, 0.15) is 18.6 Å². The summed E-state index contributed by atoms with van der Waals surface area (Å²) < 4.78 is 17.3. The minimum Gasteiger partial charge on any atom is -0.493 e. The summed E-state index contributed by atoms with van der Waals surface area (Å²) in [7, 11) is 1.64. The molecule has 5 heteroatoms. The lowest BCUT2D eigenvalue weighted by molar-refractivity contribution is 0.0330. The lowest BCUT2D eigenvalue weighted by Crippen LogP contribution is -2.41. The molecule has 2 aromatic carbocycles. The molecule has 0 heterocycles. The maximum absolute atomic E-state index is 6.06. The first kappa shape index (κ1) is 19.4. The molecule has 0 aliphatic rings. The molecule has 2 rings (SSSR count). The molecule has 0 bridgehead atoms. The fourth-order valence-corrected chi connectivity index (χ4v) is 2.77. The molecule has 136 valence electrons. The molecule has 0 N–H and O–H groups in total. The summed E-state index contributed by atoms with van der Waals surface area (Å²) >= 11 is 5.96. The van der Waals surface area contributed by atoms with Crippen LogP contribution in [0.1, 0.15) is 12.5 Å². The largest absolute Gasteiger partial charge is 0.493 e. The van der Waals surface area contributed by atoms with Crippen LogP contribution in [0.3, 0.4) is 0 Å². The van der Waals surface area contributed by atoms with Crippen LogP contribution in [0.25, 0.3) is 0 Å². The zero-order valence-corrected chi connectivity index (χ0v) is 15.8. The first-order valence-electron chi connectivity index (χ1n) is 8.43. The van der Waals surface area contributed by atoms with E-state index in [1.807, 2.05) is 62.4 Å². The zero-order valence-electron chi connectivity index (χ0n) is 15.1. The van der Waals surface area contributed by atoms with Crippen LogP contribution < -0.4 is 14.2 Å². The highest BCUT2D eigenvalue weighted by Crippen LogP contribution is 2.27. The number of rotatable bonds is 10. The van der Waals surface area contributed by atoms with Crippen LogP contribution in [0.15, 0.2) is 48.5 Å². The third-order valence-corrected chi connectivity index (χ3v) is 4.15. The number of methoxy groups -OCH3 is 1. The van der Waals surface area contributed by atoms with E-state index in [0.29, 0.717) is 12.5 Å². The van der Waals surface area contributed by atoms with E-state index in [-0.39, 0.29) is 6.23 Å². The maximum Gasteiger partial charge on any atom is 0.163 e. The fourth-order valence-electron chi connectivity index (χ4n) is 2.55. The van der Waals surface area contributed by atoms with Crippen molar-refractivity contribution in [1.82, 2.24) is 4.90 Å². The van der Waals surface area contributed by atoms with Crippen molar-refractivity contribution in [3.05, 3.63) is 54.1 Å². The molecule has 0 aliphatic heterocycles. The van der Waals surface area contributed by atoms with Crippen LogP contribution in [-0.2, 0) is 0 Å². The summed E-state index contributed by atoms with van der Waals surface area (Å²) in [4.78, 5) is 2.15. The first-order valence-corrected chi connectivity index (χ1v) is 8.97. The van der Waals surface area contributed by atoms with Gasteiger partial charge < -0.3 is 14.2 Å². The number of halogens is 1. The Morgan fingerprint density at radius 3 is 2.24 bits per heavy atom. The molecule has 4 nitrogen and oxygen atoms in total. The Balaban J connectivity index is 1.93. The number of aryl methyl sites for hydroxylation is 1. The summed E-state index contributed by atoms with van der Waals surface area (Å²) in [6.07, 6.45) is -0.143. The van der Waals surface area contributed by atoms with Gasteiger partial charge in [0.25, 0.3) is 0 Å². The molecule has 1 unspecified atom stereocenters. The standard InChI is InChI=1S/C20H26ClNO3/c1-16-8-4-5-9-18(16)24-15-14-22(13-12-21)17(2)25-20-11-7-6-10-19(20)23-3/h4-11,17H,12-15H2,1-3H3. The average molecular weight is 364 g/mol. The quantitative estimate of drug-likeness (QED) is 0.464. The van der Waals surface area contributed by atoms with Crippen LogP contribution in [0.4, 0.5) is 0 Å². The van der Waals surface area contributed by atoms with E-state index in [0.717, 1.165) is 35.9 Å². The van der Waals surface area contributed by atoms with Gasteiger partial charge in [-0.3, -0.25) is 4.90 Å². The Morgan fingerprint density at radius 1 is 0.960 bits per heavy atom. The molecule has 2 aromatic rings. The fraction of sp³-hybridized carbons (Fsp3) is 0.400. The summed E-state index contributed by atoms with van der Waals surface area (Å²) in [5.41, 5.74) is 1.13. The third kappa shape index (κ3) is 5.83. The van der Waals surface area contributed by atoms with Crippen LogP contribution in [0, 0.1) is 6.92 Å². The van der Waals surface area contributed by atoms with E-state index >= 15 is 0 Å². The Kier molecular flexibility index (Phi) is 7.89. The van der Waals surface area contributed by atoms with E-state index in [9.17, 15) is 0 Å². The SMILES string of the molecule is COc1ccccc1OC(C)N(CCCl)CCOc1ccccc1C. The molecule has 25 heavy (non-hydrogen) atoms. The van der Waals surface area contributed by atoms with Crippen molar-refractivity contribution in [2.45, 2.75) is 20.1 Å². The molecule has 0 aliphatic carbocycles. The Hall–Kier alpha value is -1.91. The highest BCUT2D eigenvalue weighted by Gasteiger charge is 2.17. The van der Waals surface area contributed by atoms with Gasteiger partial charge in [-0.1, -0.05) is 30.3 Å².